The molecule has 2 aromatic heterocycles. The first kappa shape index (κ1) is 16.8. The van der Waals surface area contributed by atoms with E-state index in [1.54, 1.807) is 11.3 Å². The standard InChI is InChI=1S/C16H21ClN4S/c1-2-18-16(20-10-8-14-4-3-11-22-14)19-9-7-13-5-6-15(17)21-12-13/h3-6,11-12H,2,7-10H2,1H3,(H2,18,19,20). The number of guanidine groups is 1. The van der Waals surface area contributed by atoms with Crippen LogP contribution in [0, 0.1) is 0 Å². The zero-order chi connectivity index (χ0) is 15.6. The maximum atomic E-state index is 5.78. The number of hydrogen-bond donors (Lipinski definition) is 2. The van der Waals surface area contributed by atoms with Crippen LogP contribution < -0.4 is 10.6 Å². The minimum Gasteiger partial charge on any atom is -0.357 e. The molecule has 0 aromatic carbocycles. The third-order valence-corrected chi connectivity index (χ3v) is 4.21. The highest BCUT2D eigenvalue weighted by Gasteiger charge is 1.99. The molecule has 0 spiro atoms. The van der Waals surface area contributed by atoms with Crippen LogP contribution >= 0.6 is 22.9 Å². The van der Waals surface area contributed by atoms with Gasteiger partial charge in [0, 0.05) is 37.1 Å². The van der Waals surface area contributed by atoms with Gasteiger partial charge in [-0.05, 0) is 36.4 Å². The topological polar surface area (TPSA) is 49.3 Å². The Morgan fingerprint density at radius 3 is 2.86 bits per heavy atom. The second-order valence-corrected chi connectivity index (χ2v) is 6.18. The number of nitrogens with one attached hydrogen (secondary N) is 2. The van der Waals surface area contributed by atoms with E-state index in [4.69, 9.17) is 11.6 Å². The van der Waals surface area contributed by atoms with E-state index >= 15 is 0 Å². The van der Waals surface area contributed by atoms with Crippen LogP contribution in [0.4, 0.5) is 0 Å². The summed E-state index contributed by atoms with van der Waals surface area (Å²) in [5.41, 5.74) is 1.16. The average Bonchev–Trinajstić information content (AvgIpc) is 3.02. The van der Waals surface area contributed by atoms with Gasteiger partial charge in [-0.2, -0.15) is 0 Å². The molecule has 2 aromatic rings. The quantitative estimate of drug-likeness (QED) is 0.464. The predicted octanol–water partition coefficient (Wildman–Crippen LogP) is 3.14. The van der Waals surface area contributed by atoms with Crippen LogP contribution in [0.15, 0.2) is 40.8 Å². The molecule has 0 aliphatic rings. The van der Waals surface area contributed by atoms with Crippen LogP contribution in [-0.4, -0.2) is 30.6 Å². The summed E-state index contributed by atoms with van der Waals surface area (Å²) in [5.74, 6) is 0.862. The predicted molar refractivity (Wildman–Crippen MR) is 95.0 cm³/mol. The number of thiophene rings is 1. The zero-order valence-electron chi connectivity index (χ0n) is 12.7. The van der Waals surface area contributed by atoms with Crippen molar-refractivity contribution in [2.45, 2.75) is 19.8 Å². The van der Waals surface area contributed by atoms with Crippen LogP contribution in [0.25, 0.3) is 0 Å². The summed E-state index contributed by atoms with van der Waals surface area (Å²) in [4.78, 5) is 10.0. The second-order valence-electron chi connectivity index (χ2n) is 4.76. The van der Waals surface area contributed by atoms with Gasteiger partial charge in [0.25, 0.3) is 0 Å². The molecule has 2 rings (SSSR count). The molecule has 2 heterocycles. The van der Waals surface area contributed by atoms with E-state index in [9.17, 15) is 0 Å². The van der Waals surface area contributed by atoms with Gasteiger partial charge in [0.05, 0.1) is 0 Å². The summed E-state index contributed by atoms with van der Waals surface area (Å²) >= 11 is 7.56. The molecule has 0 bridgehead atoms. The minimum atomic E-state index is 0.528. The van der Waals surface area contributed by atoms with Crippen molar-refractivity contribution in [2.75, 3.05) is 19.6 Å². The van der Waals surface area contributed by atoms with E-state index in [0.717, 1.165) is 44.0 Å². The number of halogens is 1. The van der Waals surface area contributed by atoms with Crippen LogP contribution in [-0.2, 0) is 12.8 Å². The van der Waals surface area contributed by atoms with Gasteiger partial charge in [-0.15, -0.1) is 11.3 Å². The summed E-state index contributed by atoms with van der Waals surface area (Å²) in [6, 6.07) is 8.04. The Morgan fingerprint density at radius 2 is 2.18 bits per heavy atom. The van der Waals surface area contributed by atoms with E-state index in [1.165, 1.54) is 4.88 Å². The van der Waals surface area contributed by atoms with Crippen molar-refractivity contribution in [2.24, 2.45) is 4.99 Å². The first-order valence-corrected chi connectivity index (χ1v) is 8.68. The van der Waals surface area contributed by atoms with E-state index in [-0.39, 0.29) is 0 Å². The molecule has 0 unspecified atom stereocenters. The fourth-order valence-corrected chi connectivity index (χ4v) is 2.76. The molecule has 6 heteroatoms. The van der Waals surface area contributed by atoms with E-state index in [0.29, 0.717) is 5.15 Å². The van der Waals surface area contributed by atoms with Crippen molar-refractivity contribution >= 4 is 28.9 Å². The summed E-state index contributed by atoms with van der Waals surface area (Å²) in [6.07, 6.45) is 3.68. The number of rotatable bonds is 7. The lowest BCUT2D eigenvalue weighted by molar-refractivity contribution is 0.796. The van der Waals surface area contributed by atoms with Crippen molar-refractivity contribution in [3.63, 3.8) is 0 Å². The molecule has 118 valence electrons. The van der Waals surface area contributed by atoms with Crippen LogP contribution in [0.5, 0.6) is 0 Å². The van der Waals surface area contributed by atoms with Gasteiger partial charge in [0.15, 0.2) is 5.96 Å². The second kappa shape index (κ2) is 9.43. The summed E-state index contributed by atoms with van der Waals surface area (Å²) in [6.45, 7) is 4.53. The lowest BCUT2D eigenvalue weighted by Gasteiger charge is -2.11. The van der Waals surface area contributed by atoms with Gasteiger partial charge in [0.2, 0.25) is 0 Å². The Kier molecular flexibility index (Phi) is 7.19. The van der Waals surface area contributed by atoms with Crippen molar-refractivity contribution in [1.82, 2.24) is 15.6 Å². The van der Waals surface area contributed by atoms with Gasteiger partial charge >= 0.3 is 0 Å². The SMILES string of the molecule is CCNC(=NCCc1cccs1)NCCc1ccc(Cl)nc1. The molecule has 0 atom stereocenters. The molecule has 22 heavy (non-hydrogen) atoms. The molecule has 0 amide bonds. The minimum absolute atomic E-state index is 0.528. The molecular weight excluding hydrogens is 316 g/mol. The molecule has 0 saturated carbocycles. The molecule has 0 fully saturated rings. The van der Waals surface area contributed by atoms with Gasteiger partial charge in [-0.25, -0.2) is 4.98 Å². The van der Waals surface area contributed by atoms with Crippen molar-refractivity contribution < 1.29 is 0 Å². The smallest absolute Gasteiger partial charge is 0.191 e. The maximum absolute atomic E-state index is 5.78. The number of nitrogens with zero attached hydrogens (tertiary/aromatic N) is 2. The summed E-state index contributed by atoms with van der Waals surface area (Å²) < 4.78 is 0. The number of aromatic nitrogens is 1. The number of pyridine rings is 1. The Hall–Kier alpha value is -1.59. The van der Waals surface area contributed by atoms with Gasteiger partial charge in [-0.1, -0.05) is 23.7 Å². The summed E-state index contributed by atoms with van der Waals surface area (Å²) in [5, 5.41) is 9.24. The van der Waals surface area contributed by atoms with Crippen molar-refractivity contribution in [1.29, 1.82) is 0 Å². The normalized spacial score (nSPS) is 11.5. The van der Waals surface area contributed by atoms with Crippen molar-refractivity contribution in [3.8, 4) is 0 Å². The number of hydrogen-bond acceptors (Lipinski definition) is 3. The van der Waals surface area contributed by atoms with Gasteiger partial charge in [-0.3, -0.25) is 4.99 Å². The summed E-state index contributed by atoms with van der Waals surface area (Å²) in [7, 11) is 0. The Morgan fingerprint density at radius 1 is 1.27 bits per heavy atom. The maximum Gasteiger partial charge on any atom is 0.191 e. The first-order chi connectivity index (χ1) is 10.8. The molecular formula is C16H21ClN4S. The third-order valence-electron chi connectivity index (χ3n) is 3.05. The zero-order valence-corrected chi connectivity index (χ0v) is 14.3. The van der Waals surface area contributed by atoms with Gasteiger partial charge in [0.1, 0.15) is 5.15 Å². The fourth-order valence-electron chi connectivity index (χ4n) is 1.95. The van der Waals surface area contributed by atoms with Crippen molar-refractivity contribution in [3.05, 3.63) is 51.4 Å². The molecule has 0 aliphatic heterocycles. The molecule has 4 nitrogen and oxygen atoms in total. The fraction of sp³-hybridized carbons (Fsp3) is 0.375. The highest BCUT2D eigenvalue weighted by molar-refractivity contribution is 7.09. The lowest BCUT2D eigenvalue weighted by Crippen LogP contribution is -2.38. The van der Waals surface area contributed by atoms with Crippen LogP contribution in [0.3, 0.4) is 0 Å². The molecule has 2 N–H and O–H groups in total. The Bertz CT molecular complexity index is 566. The lowest BCUT2D eigenvalue weighted by atomic mass is 10.2. The third kappa shape index (κ3) is 6.03. The molecule has 0 aliphatic carbocycles. The number of aliphatic imine (C=N–C) groups is 1. The molecule has 0 radical (unpaired) electrons. The highest BCUT2D eigenvalue weighted by Crippen LogP contribution is 2.08. The molecule has 0 saturated heterocycles. The highest BCUT2D eigenvalue weighted by atomic mass is 35.5. The Labute approximate surface area is 140 Å². The largest absolute Gasteiger partial charge is 0.357 e. The van der Waals surface area contributed by atoms with Crippen LogP contribution in [0.2, 0.25) is 5.15 Å². The van der Waals surface area contributed by atoms with Crippen LogP contribution in [0.1, 0.15) is 17.4 Å². The van der Waals surface area contributed by atoms with E-state index in [1.807, 2.05) is 18.3 Å². The van der Waals surface area contributed by atoms with E-state index < -0.39 is 0 Å². The van der Waals surface area contributed by atoms with Gasteiger partial charge < -0.3 is 10.6 Å². The average molecular weight is 337 g/mol. The Balaban J connectivity index is 1.76. The van der Waals surface area contributed by atoms with E-state index in [2.05, 4.69) is 45.0 Å². The monoisotopic (exact) mass is 336 g/mol. The first-order valence-electron chi connectivity index (χ1n) is 7.43.